The predicted molar refractivity (Wildman–Crippen MR) is 55.6 cm³/mol. The van der Waals surface area contributed by atoms with Crippen LogP contribution in [0.2, 0.25) is 0 Å². The fraction of sp³-hybridized carbons (Fsp3) is 0.125. The van der Waals surface area contributed by atoms with Gasteiger partial charge >= 0.3 is 13.9 Å². The van der Waals surface area contributed by atoms with Crippen LogP contribution in [0.15, 0.2) is 30.3 Å². The van der Waals surface area contributed by atoms with Crippen LogP contribution in [-0.2, 0) is 11.1 Å². The van der Waals surface area contributed by atoms with Crippen molar-refractivity contribution in [1.82, 2.24) is 5.32 Å². The molecule has 0 spiro atoms. The molecule has 1 amide bonds. The van der Waals surface area contributed by atoms with Crippen molar-refractivity contribution < 1.29 is 29.1 Å². The van der Waals surface area contributed by atoms with Gasteiger partial charge in [0.1, 0.15) is 0 Å². The van der Waals surface area contributed by atoms with Gasteiger partial charge in [0.05, 0.1) is 0 Å². The van der Waals surface area contributed by atoms with Gasteiger partial charge in [0, 0.05) is 6.54 Å². The lowest BCUT2D eigenvalue weighted by Gasteiger charge is -1.98. The third-order valence-electron chi connectivity index (χ3n) is 1.29. The number of phosphoric acid groups is 1. The molecule has 1 aromatic carbocycles. The average Bonchev–Trinajstić information content (AvgIpc) is 2.14. The van der Waals surface area contributed by atoms with Crippen LogP contribution in [-0.4, -0.2) is 25.9 Å². The molecule has 0 saturated heterocycles. The Kier molecular flexibility index (Phi) is 6.36. The number of nitrogens with one attached hydrogen (secondary N) is 1. The fourth-order valence-electron chi connectivity index (χ4n) is 0.774. The van der Waals surface area contributed by atoms with Gasteiger partial charge in [0.15, 0.2) is 0 Å². The van der Waals surface area contributed by atoms with Crippen molar-refractivity contribution >= 4 is 13.9 Å². The normalized spacial score (nSPS) is 9.94. The number of benzene rings is 1. The van der Waals surface area contributed by atoms with E-state index in [2.05, 4.69) is 5.32 Å². The Bertz CT molecular complexity index is 354. The third kappa shape index (κ3) is 12.6. The fourth-order valence-corrected chi connectivity index (χ4v) is 0.774. The molecule has 0 bridgehead atoms. The van der Waals surface area contributed by atoms with E-state index in [9.17, 15) is 4.79 Å². The molecule has 0 unspecified atom stereocenters. The van der Waals surface area contributed by atoms with E-state index in [1.165, 1.54) is 0 Å². The van der Waals surface area contributed by atoms with Gasteiger partial charge in [0.2, 0.25) is 0 Å². The summed E-state index contributed by atoms with van der Waals surface area (Å²) in [7, 11) is -4.64. The Hall–Kier alpha value is -1.40. The molecule has 0 saturated carbocycles. The van der Waals surface area contributed by atoms with Crippen LogP contribution in [0.1, 0.15) is 5.56 Å². The average molecular weight is 249 g/mol. The van der Waals surface area contributed by atoms with Gasteiger partial charge in [-0.3, -0.25) is 0 Å². The highest BCUT2D eigenvalue weighted by atomic mass is 31.2. The van der Waals surface area contributed by atoms with E-state index in [4.69, 9.17) is 24.4 Å². The van der Waals surface area contributed by atoms with Crippen molar-refractivity contribution in [3.63, 3.8) is 0 Å². The molecule has 5 N–H and O–H groups in total. The molecule has 1 rings (SSSR count). The van der Waals surface area contributed by atoms with Crippen LogP contribution in [0.25, 0.3) is 0 Å². The molecule has 0 aliphatic rings. The standard InChI is InChI=1S/C8H9NO2.H3O4P/c10-8(11)9-6-7-4-2-1-3-5-7;1-5(2,3)4/h1-5,9H,6H2,(H,10,11);(H3,1,2,3,4). The molecule has 0 fully saturated rings. The zero-order valence-corrected chi connectivity index (χ0v) is 9.04. The molecule has 0 aliphatic carbocycles. The van der Waals surface area contributed by atoms with E-state index in [0.717, 1.165) is 5.56 Å². The van der Waals surface area contributed by atoms with Gasteiger partial charge in [-0.1, -0.05) is 30.3 Å². The molecule has 0 aromatic heterocycles. The Balaban J connectivity index is 0.000000385. The summed E-state index contributed by atoms with van der Waals surface area (Å²) in [5.41, 5.74) is 0.968. The molecule has 0 aliphatic heterocycles. The molecule has 0 atom stereocenters. The summed E-state index contributed by atoms with van der Waals surface area (Å²) in [5, 5.41) is 10.5. The molecular weight excluding hydrogens is 237 g/mol. The number of rotatable bonds is 2. The summed E-state index contributed by atoms with van der Waals surface area (Å²) in [6.07, 6.45) is -0.992. The second-order valence-electron chi connectivity index (χ2n) is 2.66. The lowest BCUT2D eigenvalue weighted by molar-refractivity contribution is 0.194. The topological polar surface area (TPSA) is 127 Å². The minimum absolute atomic E-state index is 0.371. The smallest absolute Gasteiger partial charge is 0.465 e. The molecule has 1 aromatic rings. The zero-order chi connectivity index (χ0) is 12.6. The maximum atomic E-state index is 10.1. The second-order valence-corrected chi connectivity index (χ2v) is 3.68. The number of hydrogen-bond acceptors (Lipinski definition) is 2. The van der Waals surface area contributed by atoms with E-state index in [-0.39, 0.29) is 0 Å². The summed E-state index contributed by atoms with van der Waals surface area (Å²) in [6, 6.07) is 9.38. The Morgan fingerprint density at radius 1 is 1.19 bits per heavy atom. The molecule has 90 valence electrons. The second kappa shape index (κ2) is 6.97. The minimum Gasteiger partial charge on any atom is -0.465 e. The first-order chi connectivity index (χ1) is 7.29. The van der Waals surface area contributed by atoms with E-state index >= 15 is 0 Å². The van der Waals surface area contributed by atoms with Crippen LogP contribution >= 0.6 is 7.82 Å². The number of carbonyl (C=O) groups is 1. The van der Waals surface area contributed by atoms with Crippen molar-refractivity contribution in [2.75, 3.05) is 0 Å². The van der Waals surface area contributed by atoms with Gasteiger partial charge < -0.3 is 25.1 Å². The van der Waals surface area contributed by atoms with Crippen molar-refractivity contribution in [2.45, 2.75) is 6.54 Å². The van der Waals surface area contributed by atoms with Crippen LogP contribution < -0.4 is 5.32 Å². The Morgan fingerprint density at radius 2 is 1.62 bits per heavy atom. The summed E-state index contributed by atoms with van der Waals surface area (Å²) >= 11 is 0. The van der Waals surface area contributed by atoms with Gasteiger partial charge in [-0.25, -0.2) is 9.36 Å². The number of hydrogen-bond donors (Lipinski definition) is 5. The first-order valence-corrected chi connectivity index (χ1v) is 5.64. The van der Waals surface area contributed by atoms with Crippen molar-refractivity contribution in [3.8, 4) is 0 Å². The van der Waals surface area contributed by atoms with Crippen LogP contribution in [0.4, 0.5) is 4.79 Å². The molecule has 8 heteroatoms. The summed E-state index contributed by atoms with van der Waals surface area (Å²) in [4.78, 5) is 31.6. The highest BCUT2D eigenvalue weighted by Gasteiger charge is 2.00. The van der Waals surface area contributed by atoms with E-state index in [0.29, 0.717) is 6.54 Å². The minimum atomic E-state index is -4.64. The van der Waals surface area contributed by atoms with E-state index in [1.54, 1.807) is 0 Å². The first-order valence-electron chi connectivity index (χ1n) is 4.08. The van der Waals surface area contributed by atoms with E-state index < -0.39 is 13.9 Å². The largest absolute Gasteiger partial charge is 0.466 e. The van der Waals surface area contributed by atoms with Gasteiger partial charge in [-0.05, 0) is 5.56 Å². The van der Waals surface area contributed by atoms with Crippen LogP contribution in [0.5, 0.6) is 0 Å². The van der Waals surface area contributed by atoms with Crippen molar-refractivity contribution in [3.05, 3.63) is 35.9 Å². The quantitative estimate of drug-likeness (QED) is 0.486. The molecule has 16 heavy (non-hydrogen) atoms. The van der Waals surface area contributed by atoms with Crippen molar-refractivity contribution in [1.29, 1.82) is 0 Å². The maximum Gasteiger partial charge on any atom is 0.466 e. The summed E-state index contributed by atoms with van der Waals surface area (Å²) in [5.74, 6) is 0. The third-order valence-corrected chi connectivity index (χ3v) is 1.29. The highest BCUT2D eigenvalue weighted by Crippen LogP contribution is 2.25. The monoisotopic (exact) mass is 249 g/mol. The summed E-state index contributed by atoms with van der Waals surface area (Å²) in [6.45, 7) is 0.371. The van der Waals surface area contributed by atoms with Crippen LogP contribution in [0.3, 0.4) is 0 Å². The SMILES string of the molecule is O=C(O)NCc1ccccc1.O=P(O)(O)O. The maximum absolute atomic E-state index is 10.1. The zero-order valence-electron chi connectivity index (χ0n) is 8.15. The lowest BCUT2D eigenvalue weighted by atomic mass is 10.2. The molecular formula is C8H12NO6P. The summed E-state index contributed by atoms with van der Waals surface area (Å²) < 4.78 is 8.88. The highest BCUT2D eigenvalue weighted by molar-refractivity contribution is 7.45. The van der Waals surface area contributed by atoms with Crippen molar-refractivity contribution in [2.24, 2.45) is 0 Å². The van der Waals surface area contributed by atoms with E-state index in [1.807, 2.05) is 30.3 Å². The Labute approximate surface area is 91.6 Å². The van der Waals surface area contributed by atoms with Gasteiger partial charge in [-0.2, -0.15) is 0 Å². The molecule has 0 heterocycles. The van der Waals surface area contributed by atoms with Gasteiger partial charge in [-0.15, -0.1) is 0 Å². The molecule has 0 radical (unpaired) electrons. The Morgan fingerprint density at radius 3 is 2.00 bits per heavy atom. The first kappa shape index (κ1) is 14.6. The van der Waals surface area contributed by atoms with Crippen LogP contribution in [0, 0.1) is 0 Å². The number of carboxylic acid groups (broad SMARTS) is 1. The molecule has 7 nitrogen and oxygen atoms in total. The lowest BCUT2D eigenvalue weighted by Crippen LogP contribution is -2.19. The van der Waals surface area contributed by atoms with Gasteiger partial charge in [0.25, 0.3) is 0 Å². The predicted octanol–water partition coefficient (Wildman–Crippen LogP) is 0.526. The number of amides is 1.